The van der Waals surface area contributed by atoms with Gasteiger partial charge >= 0.3 is 5.97 Å². The minimum absolute atomic E-state index is 0.219. The summed E-state index contributed by atoms with van der Waals surface area (Å²) in [4.78, 5) is 16.2. The molecule has 0 spiro atoms. The van der Waals surface area contributed by atoms with Gasteiger partial charge in [0.2, 0.25) is 12.7 Å². The Bertz CT molecular complexity index is 824. The van der Waals surface area contributed by atoms with Gasteiger partial charge in [-0.3, -0.25) is 0 Å². The lowest BCUT2D eigenvalue weighted by Gasteiger charge is -1.98. The molecule has 0 unspecified atom stereocenters. The Balaban J connectivity index is 1.57. The zero-order valence-corrected chi connectivity index (χ0v) is 12.2. The molecular weight excluding hydrogens is 294 g/mol. The van der Waals surface area contributed by atoms with E-state index in [0.29, 0.717) is 23.8 Å². The van der Waals surface area contributed by atoms with Crippen LogP contribution in [0, 0.1) is 0 Å². The number of carbonyl (C=O) groups is 1. The summed E-state index contributed by atoms with van der Waals surface area (Å²) in [5, 5.41) is 0. The number of fused-ring (bicyclic) bond motifs is 1. The normalized spacial score (nSPS) is 17.3. The van der Waals surface area contributed by atoms with Crippen molar-refractivity contribution in [3.05, 3.63) is 65.4 Å². The average molecular weight is 307 g/mol. The molecule has 0 bridgehead atoms. The van der Waals surface area contributed by atoms with Gasteiger partial charge in [0, 0.05) is 6.42 Å². The summed E-state index contributed by atoms with van der Waals surface area (Å²) in [5.41, 5.74) is 2.14. The third-order valence-corrected chi connectivity index (χ3v) is 3.56. The van der Waals surface area contributed by atoms with Crippen LogP contribution in [0.15, 0.2) is 59.2 Å². The molecule has 0 saturated carbocycles. The molecule has 0 atom stereocenters. The highest BCUT2D eigenvalue weighted by atomic mass is 16.7. The molecule has 0 fully saturated rings. The summed E-state index contributed by atoms with van der Waals surface area (Å²) in [5.74, 6) is 1.34. The van der Waals surface area contributed by atoms with Crippen molar-refractivity contribution in [2.75, 3.05) is 6.79 Å². The van der Waals surface area contributed by atoms with Gasteiger partial charge in [-0.05, 0) is 29.3 Å². The monoisotopic (exact) mass is 307 g/mol. The summed E-state index contributed by atoms with van der Waals surface area (Å²) in [6.45, 7) is 0.219. The minimum Gasteiger partial charge on any atom is -0.454 e. The van der Waals surface area contributed by atoms with Crippen LogP contribution in [0.1, 0.15) is 11.1 Å². The second kappa shape index (κ2) is 5.61. The van der Waals surface area contributed by atoms with E-state index in [1.807, 2.05) is 48.5 Å². The van der Waals surface area contributed by atoms with Crippen molar-refractivity contribution in [1.82, 2.24) is 0 Å². The van der Waals surface area contributed by atoms with Crippen molar-refractivity contribution in [3.63, 3.8) is 0 Å². The molecule has 114 valence electrons. The largest absolute Gasteiger partial charge is 0.454 e. The van der Waals surface area contributed by atoms with E-state index >= 15 is 0 Å². The van der Waals surface area contributed by atoms with E-state index in [4.69, 9.17) is 14.2 Å². The molecule has 2 heterocycles. The van der Waals surface area contributed by atoms with Crippen molar-refractivity contribution in [3.8, 4) is 11.5 Å². The summed E-state index contributed by atoms with van der Waals surface area (Å²) < 4.78 is 15.8. The second-order valence-electron chi connectivity index (χ2n) is 5.20. The first-order chi connectivity index (χ1) is 11.3. The van der Waals surface area contributed by atoms with Gasteiger partial charge < -0.3 is 14.2 Å². The Morgan fingerprint density at radius 1 is 1.04 bits per heavy atom. The van der Waals surface area contributed by atoms with Gasteiger partial charge in [0.1, 0.15) is 0 Å². The van der Waals surface area contributed by atoms with Crippen LogP contribution in [0.2, 0.25) is 0 Å². The van der Waals surface area contributed by atoms with E-state index < -0.39 is 5.97 Å². The molecule has 2 aromatic rings. The Kier molecular flexibility index (Phi) is 3.31. The zero-order chi connectivity index (χ0) is 15.6. The molecule has 0 radical (unpaired) electrons. The third kappa shape index (κ3) is 2.81. The van der Waals surface area contributed by atoms with Crippen molar-refractivity contribution in [2.24, 2.45) is 4.99 Å². The fourth-order valence-electron chi connectivity index (χ4n) is 2.46. The van der Waals surface area contributed by atoms with Gasteiger partial charge in [-0.15, -0.1) is 0 Å². The number of cyclic esters (lactones) is 1. The van der Waals surface area contributed by atoms with Crippen LogP contribution in [0.5, 0.6) is 11.5 Å². The molecule has 0 aromatic heterocycles. The predicted octanol–water partition coefficient (Wildman–Crippen LogP) is 2.95. The summed E-state index contributed by atoms with van der Waals surface area (Å²) in [6.07, 6.45) is 2.17. The molecule has 0 saturated heterocycles. The highest BCUT2D eigenvalue weighted by molar-refractivity contribution is 6.07. The maximum absolute atomic E-state index is 12.0. The van der Waals surface area contributed by atoms with Gasteiger partial charge in [-0.2, -0.15) is 0 Å². The number of esters is 1. The molecule has 0 N–H and O–H groups in total. The molecule has 0 amide bonds. The second-order valence-corrected chi connectivity index (χ2v) is 5.20. The van der Waals surface area contributed by atoms with E-state index in [1.54, 1.807) is 6.08 Å². The van der Waals surface area contributed by atoms with Gasteiger partial charge in [0.15, 0.2) is 17.2 Å². The van der Waals surface area contributed by atoms with Gasteiger partial charge in [-0.25, -0.2) is 9.79 Å². The van der Waals surface area contributed by atoms with E-state index in [0.717, 1.165) is 11.1 Å². The van der Waals surface area contributed by atoms with Gasteiger partial charge in [-0.1, -0.05) is 36.4 Å². The maximum atomic E-state index is 12.0. The first kappa shape index (κ1) is 13.6. The SMILES string of the molecule is O=C1OC(Cc2ccccc2)=N/C1=C/c1ccc2c(c1)OCO2. The number of ether oxygens (including phenoxy) is 3. The van der Waals surface area contributed by atoms with E-state index in [9.17, 15) is 4.79 Å². The minimum atomic E-state index is -0.436. The Hall–Kier alpha value is -3.08. The fourth-order valence-corrected chi connectivity index (χ4v) is 2.46. The van der Waals surface area contributed by atoms with Gasteiger partial charge in [0.05, 0.1) is 0 Å². The number of rotatable bonds is 3. The zero-order valence-electron chi connectivity index (χ0n) is 12.2. The molecular formula is C18H13NO4. The number of hydrogen-bond acceptors (Lipinski definition) is 5. The smallest absolute Gasteiger partial charge is 0.363 e. The van der Waals surface area contributed by atoms with Crippen LogP contribution in [-0.4, -0.2) is 18.7 Å². The average Bonchev–Trinajstić information content (AvgIpc) is 3.15. The van der Waals surface area contributed by atoms with Crippen molar-refractivity contribution < 1.29 is 19.0 Å². The van der Waals surface area contributed by atoms with Crippen LogP contribution >= 0.6 is 0 Å². The standard InChI is InChI=1S/C18H13NO4/c20-18-14(8-13-6-7-15-16(9-13)22-11-21-15)19-17(23-18)10-12-4-2-1-3-5-12/h1-9H,10-11H2/b14-8+. The summed E-state index contributed by atoms with van der Waals surface area (Å²) >= 11 is 0. The quantitative estimate of drug-likeness (QED) is 0.646. The molecule has 0 aliphatic carbocycles. The topological polar surface area (TPSA) is 57.1 Å². The van der Waals surface area contributed by atoms with Crippen LogP contribution in [0.25, 0.3) is 6.08 Å². The molecule has 4 rings (SSSR count). The highest BCUT2D eigenvalue weighted by Gasteiger charge is 2.23. The lowest BCUT2D eigenvalue weighted by Crippen LogP contribution is -2.06. The molecule has 5 nitrogen and oxygen atoms in total. The number of benzene rings is 2. The summed E-state index contributed by atoms with van der Waals surface area (Å²) in [6, 6.07) is 15.2. The van der Waals surface area contributed by atoms with E-state index in [1.165, 1.54) is 0 Å². The molecule has 23 heavy (non-hydrogen) atoms. The molecule has 5 heteroatoms. The lowest BCUT2D eigenvalue weighted by atomic mass is 10.1. The Morgan fingerprint density at radius 3 is 2.74 bits per heavy atom. The first-order valence-electron chi connectivity index (χ1n) is 7.23. The Labute approximate surface area is 132 Å². The number of hydrogen-bond donors (Lipinski definition) is 0. The highest BCUT2D eigenvalue weighted by Crippen LogP contribution is 2.33. The van der Waals surface area contributed by atoms with E-state index in [2.05, 4.69) is 4.99 Å². The fraction of sp³-hybridized carbons (Fsp3) is 0.111. The van der Waals surface area contributed by atoms with Crippen LogP contribution in [0.4, 0.5) is 0 Å². The molecule has 2 aliphatic rings. The summed E-state index contributed by atoms with van der Waals surface area (Å²) in [7, 11) is 0. The van der Waals surface area contributed by atoms with Gasteiger partial charge in [0.25, 0.3) is 0 Å². The van der Waals surface area contributed by atoms with Crippen LogP contribution < -0.4 is 9.47 Å². The van der Waals surface area contributed by atoms with Crippen molar-refractivity contribution in [2.45, 2.75) is 6.42 Å². The first-order valence-corrected chi connectivity index (χ1v) is 7.23. The van der Waals surface area contributed by atoms with Crippen LogP contribution in [-0.2, 0) is 16.0 Å². The predicted molar refractivity (Wildman–Crippen MR) is 84.2 cm³/mol. The Morgan fingerprint density at radius 2 is 1.87 bits per heavy atom. The van der Waals surface area contributed by atoms with Crippen LogP contribution in [0.3, 0.4) is 0 Å². The van der Waals surface area contributed by atoms with Crippen molar-refractivity contribution >= 4 is 17.9 Å². The third-order valence-electron chi connectivity index (χ3n) is 3.56. The number of nitrogens with zero attached hydrogens (tertiary/aromatic N) is 1. The molecule has 2 aliphatic heterocycles. The lowest BCUT2D eigenvalue weighted by molar-refractivity contribution is -0.130. The van der Waals surface area contributed by atoms with Crippen molar-refractivity contribution in [1.29, 1.82) is 0 Å². The maximum Gasteiger partial charge on any atom is 0.363 e. The molecule has 2 aromatic carbocycles. The van der Waals surface area contributed by atoms with E-state index in [-0.39, 0.29) is 12.5 Å². The number of aliphatic imine (C=N–C) groups is 1. The number of carbonyl (C=O) groups excluding carboxylic acids is 1.